The molecule has 1 aliphatic carbocycles. The van der Waals surface area contributed by atoms with Crippen molar-refractivity contribution >= 4 is 22.8 Å². The van der Waals surface area contributed by atoms with Gasteiger partial charge in [0.2, 0.25) is 0 Å². The van der Waals surface area contributed by atoms with Crippen LogP contribution in [-0.4, -0.2) is 25.6 Å². The highest BCUT2D eigenvalue weighted by molar-refractivity contribution is 5.88. The summed E-state index contributed by atoms with van der Waals surface area (Å²) in [5.41, 5.74) is 5.17. The Morgan fingerprint density at radius 3 is 2.62 bits per heavy atom. The zero-order chi connectivity index (χ0) is 20.2. The van der Waals surface area contributed by atoms with Gasteiger partial charge < -0.3 is 19.2 Å². The normalized spacial score (nSPS) is 12.6. The van der Waals surface area contributed by atoms with Crippen LogP contribution in [-0.2, 0) is 40.1 Å². The van der Waals surface area contributed by atoms with E-state index in [0.29, 0.717) is 6.54 Å². The highest BCUT2D eigenvalue weighted by Crippen LogP contribution is 2.30. The summed E-state index contributed by atoms with van der Waals surface area (Å²) >= 11 is 0. The number of amides is 1. The molecule has 0 bridgehead atoms. The van der Waals surface area contributed by atoms with Crippen LogP contribution in [0, 0.1) is 0 Å². The number of ether oxygens (including phenoxy) is 2. The van der Waals surface area contributed by atoms with Gasteiger partial charge in [-0.15, -0.1) is 0 Å². The molecule has 0 spiro atoms. The Balaban J connectivity index is 1.27. The van der Waals surface area contributed by atoms with E-state index in [4.69, 9.17) is 13.9 Å². The Labute approximate surface area is 168 Å². The van der Waals surface area contributed by atoms with Gasteiger partial charge in [0.1, 0.15) is 11.3 Å². The highest BCUT2D eigenvalue weighted by Gasteiger charge is 2.17. The number of nitrogens with one attached hydrogen (secondary N) is 1. The van der Waals surface area contributed by atoms with Gasteiger partial charge >= 0.3 is 5.97 Å². The number of methoxy groups -OCH3 is 1. The van der Waals surface area contributed by atoms with E-state index >= 15 is 0 Å². The third-order valence-electron chi connectivity index (χ3n) is 5.22. The van der Waals surface area contributed by atoms with Crippen molar-refractivity contribution < 1.29 is 23.5 Å². The summed E-state index contributed by atoms with van der Waals surface area (Å²) in [7, 11) is 1.60. The fraction of sp³-hybridized carbons (Fsp3) is 0.304. The molecule has 4 rings (SSSR count). The predicted molar refractivity (Wildman–Crippen MR) is 108 cm³/mol. The summed E-state index contributed by atoms with van der Waals surface area (Å²) in [5, 5.41) is 3.68. The molecule has 6 nitrogen and oxygen atoms in total. The molecule has 1 heterocycles. The molecule has 150 valence electrons. The molecule has 1 amide bonds. The van der Waals surface area contributed by atoms with E-state index in [-0.39, 0.29) is 18.9 Å². The Bertz CT molecular complexity index is 1040. The Morgan fingerprint density at radius 1 is 1.10 bits per heavy atom. The van der Waals surface area contributed by atoms with E-state index in [1.807, 2.05) is 24.3 Å². The van der Waals surface area contributed by atoms with E-state index in [1.165, 1.54) is 11.1 Å². The molecule has 6 heteroatoms. The van der Waals surface area contributed by atoms with Gasteiger partial charge in [0.15, 0.2) is 6.61 Å². The van der Waals surface area contributed by atoms with Crippen LogP contribution in [0.3, 0.4) is 0 Å². The first-order valence-electron chi connectivity index (χ1n) is 9.69. The zero-order valence-corrected chi connectivity index (χ0v) is 16.3. The lowest BCUT2D eigenvalue weighted by Gasteiger charge is -2.07. The summed E-state index contributed by atoms with van der Waals surface area (Å²) in [4.78, 5) is 24.1. The average molecular weight is 393 g/mol. The number of carbonyl (C=O) groups is 2. The maximum Gasteiger partial charge on any atom is 0.310 e. The zero-order valence-electron chi connectivity index (χ0n) is 16.3. The summed E-state index contributed by atoms with van der Waals surface area (Å²) < 4.78 is 15.8. The van der Waals surface area contributed by atoms with Crippen molar-refractivity contribution in [2.45, 2.75) is 32.2 Å². The molecule has 2 aromatic carbocycles. The molecular weight excluding hydrogens is 370 g/mol. The number of benzene rings is 2. The molecule has 29 heavy (non-hydrogen) atoms. The summed E-state index contributed by atoms with van der Waals surface area (Å²) in [5.74, 6) is -0.0393. The Kier molecular flexibility index (Phi) is 5.51. The van der Waals surface area contributed by atoms with E-state index in [1.54, 1.807) is 13.4 Å². The third kappa shape index (κ3) is 4.42. The van der Waals surface area contributed by atoms with Crippen molar-refractivity contribution in [3.63, 3.8) is 0 Å². The van der Waals surface area contributed by atoms with Crippen molar-refractivity contribution in [3.05, 3.63) is 64.9 Å². The molecule has 0 unspecified atom stereocenters. The third-order valence-corrected chi connectivity index (χ3v) is 5.22. The number of carbonyl (C=O) groups excluding carboxylic acids is 2. The van der Waals surface area contributed by atoms with Crippen molar-refractivity contribution in [2.75, 3.05) is 13.7 Å². The average Bonchev–Trinajstić information content (AvgIpc) is 3.36. The standard InChI is InChI=1S/C23H23NO5/c1-27-19-7-5-15(6-8-19)12-24-22(25)14-29-23(26)11-18-13-28-21-10-17-4-2-3-16(17)9-20(18)21/h5-10,13H,2-4,11-12,14H2,1H3,(H,24,25). The first-order valence-corrected chi connectivity index (χ1v) is 9.69. The van der Waals surface area contributed by atoms with Gasteiger partial charge in [-0.2, -0.15) is 0 Å². The fourth-order valence-corrected chi connectivity index (χ4v) is 3.63. The molecule has 0 fully saturated rings. The van der Waals surface area contributed by atoms with Crippen LogP contribution in [0.5, 0.6) is 5.75 Å². The van der Waals surface area contributed by atoms with Gasteiger partial charge in [-0.3, -0.25) is 9.59 Å². The minimum atomic E-state index is -0.451. The van der Waals surface area contributed by atoms with Crippen LogP contribution in [0.2, 0.25) is 0 Å². The molecule has 0 atom stereocenters. The van der Waals surface area contributed by atoms with Crippen LogP contribution in [0.1, 0.15) is 28.7 Å². The van der Waals surface area contributed by atoms with Gasteiger partial charge in [-0.25, -0.2) is 0 Å². The second-order valence-corrected chi connectivity index (χ2v) is 7.19. The first kappa shape index (κ1) is 19.1. The van der Waals surface area contributed by atoms with E-state index in [2.05, 4.69) is 17.4 Å². The topological polar surface area (TPSA) is 77.8 Å². The van der Waals surface area contributed by atoms with Gasteiger partial charge in [0, 0.05) is 17.5 Å². The maximum absolute atomic E-state index is 12.2. The molecule has 0 saturated carbocycles. The summed E-state index contributed by atoms with van der Waals surface area (Å²) in [6.07, 6.45) is 4.98. The maximum atomic E-state index is 12.2. The monoisotopic (exact) mass is 393 g/mol. The second-order valence-electron chi connectivity index (χ2n) is 7.19. The second kappa shape index (κ2) is 8.39. The molecular formula is C23H23NO5. The molecule has 1 N–H and O–H groups in total. The van der Waals surface area contributed by atoms with Gasteiger partial charge in [0.05, 0.1) is 19.8 Å². The van der Waals surface area contributed by atoms with Crippen molar-refractivity contribution in [1.29, 1.82) is 0 Å². The Morgan fingerprint density at radius 2 is 1.86 bits per heavy atom. The van der Waals surface area contributed by atoms with Crippen molar-refractivity contribution in [1.82, 2.24) is 5.32 Å². The minimum Gasteiger partial charge on any atom is -0.497 e. The first-order chi connectivity index (χ1) is 14.1. The number of esters is 1. The van der Waals surface area contributed by atoms with Crippen LogP contribution < -0.4 is 10.1 Å². The molecule has 0 saturated heterocycles. The predicted octanol–water partition coefficient (Wildman–Crippen LogP) is 3.33. The SMILES string of the molecule is COc1ccc(CNC(=O)COC(=O)Cc2coc3cc4c(cc23)CCC4)cc1. The molecule has 0 aliphatic heterocycles. The van der Waals surface area contributed by atoms with Crippen LogP contribution >= 0.6 is 0 Å². The van der Waals surface area contributed by atoms with Gasteiger partial charge in [0.25, 0.3) is 5.91 Å². The molecule has 0 radical (unpaired) electrons. The summed E-state index contributed by atoms with van der Waals surface area (Å²) in [6, 6.07) is 11.6. The van der Waals surface area contributed by atoms with Crippen LogP contribution in [0.25, 0.3) is 11.0 Å². The summed E-state index contributed by atoms with van der Waals surface area (Å²) in [6.45, 7) is 0.0536. The lowest BCUT2D eigenvalue weighted by atomic mass is 10.0. The van der Waals surface area contributed by atoms with E-state index in [0.717, 1.165) is 47.1 Å². The van der Waals surface area contributed by atoms with Crippen LogP contribution in [0.4, 0.5) is 0 Å². The minimum absolute atomic E-state index is 0.0809. The molecule has 1 aliphatic rings. The number of furan rings is 1. The number of rotatable bonds is 7. The van der Waals surface area contributed by atoms with Crippen molar-refractivity contribution in [2.24, 2.45) is 0 Å². The van der Waals surface area contributed by atoms with E-state index < -0.39 is 5.97 Å². The molecule has 3 aromatic rings. The highest BCUT2D eigenvalue weighted by atomic mass is 16.5. The van der Waals surface area contributed by atoms with Gasteiger partial charge in [-0.05, 0) is 60.2 Å². The lowest BCUT2D eigenvalue weighted by Crippen LogP contribution is -2.28. The van der Waals surface area contributed by atoms with Crippen molar-refractivity contribution in [3.8, 4) is 5.75 Å². The van der Waals surface area contributed by atoms with Gasteiger partial charge in [-0.1, -0.05) is 12.1 Å². The number of fused-ring (bicyclic) bond motifs is 2. The smallest absolute Gasteiger partial charge is 0.310 e. The number of aryl methyl sites for hydroxylation is 2. The number of hydrogen-bond acceptors (Lipinski definition) is 5. The van der Waals surface area contributed by atoms with Crippen LogP contribution in [0.15, 0.2) is 47.1 Å². The quantitative estimate of drug-likeness (QED) is 0.623. The lowest BCUT2D eigenvalue weighted by molar-refractivity contribution is -0.147. The largest absolute Gasteiger partial charge is 0.497 e. The molecule has 1 aromatic heterocycles. The van der Waals surface area contributed by atoms with E-state index in [9.17, 15) is 9.59 Å². The Hall–Kier alpha value is -3.28. The number of hydrogen-bond donors (Lipinski definition) is 1. The fourth-order valence-electron chi connectivity index (χ4n) is 3.63.